The van der Waals surface area contributed by atoms with E-state index in [0.29, 0.717) is 6.79 Å². The van der Waals surface area contributed by atoms with Crippen LogP contribution in [0.25, 0.3) is 0 Å². The molecule has 0 heterocycles. The summed E-state index contributed by atoms with van der Waals surface area (Å²) in [5.74, 6) is 0. The number of hydrogen-bond acceptors (Lipinski definition) is 4. The van der Waals surface area contributed by atoms with Crippen molar-refractivity contribution in [2.45, 2.75) is 194 Å². The second-order valence-corrected chi connectivity index (χ2v) is 11.7. The van der Waals surface area contributed by atoms with E-state index in [1.165, 1.54) is 122 Å². The Hall–Kier alpha value is -0.580. The van der Waals surface area contributed by atoms with Crippen molar-refractivity contribution in [3.63, 3.8) is 0 Å². The van der Waals surface area contributed by atoms with Crippen LogP contribution in [0, 0.1) is 0 Å². The second-order valence-electron chi connectivity index (χ2n) is 11.7. The number of rotatable bonds is 35. The Kier molecular flexibility index (Phi) is 35.9. The van der Waals surface area contributed by atoms with Gasteiger partial charge in [-0.25, -0.2) is 0 Å². The molecule has 240 valence electrons. The van der Waals surface area contributed by atoms with E-state index in [9.17, 15) is 0 Å². The molecule has 40 heavy (non-hydrogen) atoms. The summed E-state index contributed by atoms with van der Waals surface area (Å²) in [4.78, 5) is 0. The quantitative estimate of drug-likeness (QED) is 0.0433. The van der Waals surface area contributed by atoms with E-state index in [-0.39, 0.29) is 6.29 Å². The van der Waals surface area contributed by atoms with Crippen LogP contribution in [0.1, 0.15) is 188 Å². The van der Waals surface area contributed by atoms with Crippen LogP contribution in [0.4, 0.5) is 0 Å². The van der Waals surface area contributed by atoms with E-state index in [1.54, 1.807) is 6.26 Å². The zero-order valence-electron chi connectivity index (χ0n) is 27.6. The second kappa shape index (κ2) is 36.4. The van der Waals surface area contributed by atoms with Gasteiger partial charge in [0, 0.05) is 13.2 Å². The minimum absolute atomic E-state index is 0.0373. The molecule has 0 atom stereocenters. The van der Waals surface area contributed by atoms with Crippen molar-refractivity contribution in [1.29, 1.82) is 0 Å². The lowest BCUT2D eigenvalue weighted by molar-refractivity contribution is -0.148. The molecule has 0 unspecified atom stereocenters. The van der Waals surface area contributed by atoms with Crippen LogP contribution >= 0.6 is 0 Å². The van der Waals surface area contributed by atoms with Gasteiger partial charge in [0.25, 0.3) is 0 Å². The van der Waals surface area contributed by atoms with E-state index in [1.807, 2.05) is 0 Å². The summed E-state index contributed by atoms with van der Waals surface area (Å²) in [6.45, 7) is 9.67. The lowest BCUT2D eigenvalue weighted by atomic mass is 10.1. The first-order valence-electron chi connectivity index (χ1n) is 17.9. The van der Waals surface area contributed by atoms with Gasteiger partial charge in [0.1, 0.15) is 0 Å². The third kappa shape index (κ3) is 33.6. The molecule has 0 aromatic heterocycles. The Balaban J connectivity index is 3.89. The molecule has 0 rings (SSSR count). The normalized spacial score (nSPS) is 11.8. The van der Waals surface area contributed by atoms with Crippen molar-refractivity contribution in [3.8, 4) is 0 Å². The van der Waals surface area contributed by atoms with E-state index in [2.05, 4.69) is 26.8 Å². The molecule has 0 fully saturated rings. The smallest absolute Gasteiger partial charge is 0.188 e. The summed E-state index contributed by atoms with van der Waals surface area (Å²) in [7, 11) is 0. The summed E-state index contributed by atoms with van der Waals surface area (Å²) in [6, 6.07) is 0. The van der Waals surface area contributed by atoms with Crippen molar-refractivity contribution in [2.75, 3.05) is 26.6 Å². The lowest BCUT2D eigenvalue weighted by Crippen LogP contribution is -2.19. The number of unbranched alkanes of at least 4 members (excludes halogenated alkanes) is 21. The van der Waals surface area contributed by atoms with Crippen LogP contribution in [0.15, 0.2) is 12.3 Å². The molecule has 4 nitrogen and oxygen atoms in total. The Morgan fingerprint density at radius 3 is 1.35 bits per heavy atom. The lowest BCUT2D eigenvalue weighted by Gasteiger charge is -2.19. The van der Waals surface area contributed by atoms with Gasteiger partial charge in [0.2, 0.25) is 0 Å². The highest BCUT2D eigenvalue weighted by molar-refractivity contribution is 4.73. The SMILES string of the molecule is CCCCCCCCCCOC(CCCCC=COCOCCCCCCCC)OCCCCCCCCCC. The molecule has 0 aliphatic rings. The van der Waals surface area contributed by atoms with Gasteiger partial charge in [0.05, 0.1) is 12.9 Å². The summed E-state index contributed by atoms with van der Waals surface area (Å²) in [5.41, 5.74) is 0. The number of hydrogen-bond donors (Lipinski definition) is 0. The summed E-state index contributed by atoms with van der Waals surface area (Å²) in [6.07, 6.45) is 37.2. The topological polar surface area (TPSA) is 36.9 Å². The fraction of sp³-hybridized carbons (Fsp3) is 0.944. The van der Waals surface area contributed by atoms with Gasteiger partial charge in [-0.2, -0.15) is 0 Å². The van der Waals surface area contributed by atoms with Crippen molar-refractivity contribution >= 4 is 0 Å². The van der Waals surface area contributed by atoms with E-state index >= 15 is 0 Å². The average Bonchev–Trinajstić information content (AvgIpc) is 2.97. The summed E-state index contributed by atoms with van der Waals surface area (Å²) in [5, 5.41) is 0. The molecule has 0 N–H and O–H groups in total. The van der Waals surface area contributed by atoms with Gasteiger partial charge in [-0.05, 0) is 51.0 Å². The molecular weight excluding hydrogens is 496 g/mol. The molecule has 0 aromatic rings. The van der Waals surface area contributed by atoms with Gasteiger partial charge in [-0.1, -0.05) is 143 Å². The van der Waals surface area contributed by atoms with Crippen molar-refractivity contribution in [1.82, 2.24) is 0 Å². The predicted octanol–water partition coefficient (Wildman–Crippen LogP) is 12.1. The zero-order chi connectivity index (χ0) is 29.0. The third-order valence-electron chi connectivity index (χ3n) is 7.65. The highest BCUT2D eigenvalue weighted by Crippen LogP contribution is 2.14. The van der Waals surface area contributed by atoms with Crippen LogP contribution < -0.4 is 0 Å². The predicted molar refractivity (Wildman–Crippen MR) is 174 cm³/mol. The maximum absolute atomic E-state index is 6.20. The van der Waals surface area contributed by atoms with Crippen molar-refractivity contribution < 1.29 is 18.9 Å². The molecule has 0 amide bonds. The molecule has 0 aromatic carbocycles. The average molecular weight is 569 g/mol. The van der Waals surface area contributed by atoms with Crippen LogP contribution in [-0.4, -0.2) is 32.9 Å². The molecule has 0 bridgehead atoms. The first-order chi connectivity index (χ1) is 19.8. The fourth-order valence-electron chi connectivity index (χ4n) is 4.96. The van der Waals surface area contributed by atoms with Crippen LogP contribution in [-0.2, 0) is 18.9 Å². The van der Waals surface area contributed by atoms with Gasteiger partial charge < -0.3 is 18.9 Å². The van der Waals surface area contributed by atoms with Crippen LogP contribution in [0.5, 0.6) is 0 Å². The maximum atomic E-state index is 6.20. The first-order valence-corrected chi connectivity index (χ1v) is 17.9. The molecular formula is C36H72O4. The highest BCUT2D eigenvalue weighted by atomic mass is 16.7. The minimum Gasteiger partial charge on any atom is -0.475 e. The number of allylic oxidation sites excluding steroid dienone is 1. The molecule has 0 aliphatic heterocycles. The van der Waals surface area contributed by atoms with Crippen molar-refractivity contribution in [2.24, 2.45) is 0 Å². The standard InChI is InChI=1S/C36H72O4/c1-4-7-10-13-16-18-22-28-33-39-36(40-34-29-23-19-17-14-11-8-5-2)30-25-20-24-27-32-38-35-37-31-26-21-15-12-9-6-3/h27,32,36H,4-26,28-31,33-35H2,1-3H3. The van der Waals surface area contributed by atoms with E-state index < -0.39 is 0 Å². The van der Waals surface area contributed by atoms with Crippen LogP contribution in [0.2, 0.25) is 0 Å². The summed E-state index contributed by atoms with van der Waals surface area (Å²) >= 11 is 0. The summed E-state index contributed by atoms with van der Waals surface area (Å²) < 4.78 is 23.4. The molecule has 0 aliphatic carbocycles. The Labute approximate surface area is 251 Å². The van der Waals surface area contributed by atoms with E-state index in [4.69, 9.17) is 18.9 Å². The highest BCUT2D eigenvalue weighted by Gasteiger charge is 2.09. The molecule has 0 saturated heterocycles. The van der Waals surface area contributed by atoms with Gasteiger partial charge >= 0.3 is 0 Å². The maximum Gasteiger partial charge on any atom is 0.188 e. The minimum atomic E-state index is -0.0373. The van der Waals surface area contributed by atoms with Crippen molar-refractivity contribution in [3.05, 3.63) is 12.3 Å². The van der Waals surface area contributed by atoms with Gasteiger partial charge in [-0.3, -0.25) is 0 Å². The van der Waals surface area contributed by atoms with E-state index in [0.717, 1.165) is 64.8 Å². The number of ether oxygens (including phenoxy) is 4. The Morgan fingerprint density at radius 2 is 0.875 bits per heavy atom. The zero-order valence-corrected chi connectivity index (χ0v) is 27.6. The molecule has 4 heteroatoms. The first kappa shape index (κ1) is 39.4. The molecule has 0 saturated carbocycles. The molecule has 0 radical (unpaired) electrons. The fourth-order valence-corrected chi connectivity index (χ4v) is 4.96. The van der Waals surface area contributed by atoms with Gasteiger partial charge in [-0.15, -0.1) is 0 Å². The van der Waals surface area contributed by atoms with Crippen LogP contribution in [0.3, 0.4) is 0 Å². The Bertz CT molecular complexity index is 446. The van der Waals surface area contributed by atoms with Gasteiger partial charge in [0.15, 0.2) is 13.1 Å². The monoisotopic (exact) mass is 569 g/mol. The largest absolute Gasteiger partial charge is 0.475 e. The molecule has 0 spiro atoms. The third-order valence-corrected chi connectivity index (χ3v) is 7.65. The Morgan fingerprint density at radius 1 is 0.450 bits per heavy atom.